The summed E-state index contributed by atoms with van der Waals surface area (Å²) < 4.78 is 5.15. The van der Waals surface area contributed by atoms with Crippen molar-refractivity contribution in [1.29, 1.82) is 0 Å². The van der Waals surface area contributed by atoms with Gasteiger partial charge in [-0.15, -0.1) is 6.58 Å². The zero-order valence-electron chi connectivity index (χ0n) is 5.55. The Balaban J connectivity index is 2.15. The van der Waals surface area contributed by atoms with Crippen LogP contribution in [0.15, 0.2) is 12.7 Å². The van der Waals surface area contributed by atoms with E-state index in [1.807, 2.05) is 12.6 Å². The minimum atomic E-state index is 0.852. The zero-order chi connectivity index (χ0) is 6.53. The van der Waals surface area contributed by atoms with Crippen molar-refractivity contribution < 1.29 is 4.74 Å². The van der Waals surface area contributed by atoms with E-state index in [1.165, 1.54) is 0 Å². The predicted octanol–water partition coefficient (Wildman–Crippen LogP) is 0.666. The molecule has 1 aliphatic heterocycles. The fourth-order valence-corrected chi connectivity index (χ4v) is 0.876. The minimum Gasteiger partial charge on any atom is -0.379 e. The summed E-state index contributed by atoms with van der Waals surface area (Å²) in [4.78, 5) is 2.20. The molecule has 1 heterocycles. The average molecular weight is 126 g/mol. The van der Waals surface area contributed by atoms with Crippen LogP contribution in [0.1, 0.15) is 0 Å². The molecule has 0 unspecified atom stereocenters. The number of hydrogen-bond donors (Lipinski definition) is 0. The van der Waals surface area contributed by atoms with Crippen LogP contribution in [-0.4, -0.2) is 31.2 Å². The van der Waals surface area contributed by atoms with Gasteiger partial charge in [-0.3, -0.25) is 4.90 Å². The average Bonchev–Trinajstić information content (AvgIpc) is 1.91. The summed E-state index contributed by atoms with van der Waals surface area (Å²) in [5.41, 5.74) is 0. The van der Waals surface area contributed by atoms with Gasteiger partial charge in [-0.2, -0.15) is 0 Å². The van der Waals surface area contributed by atoms with Crippen LogP contribution in [-0.2, 0) is 4.74 Å². The van der Waals surface area contributed by atoms with Crippen molar-refractivity contribution in [3.8, 4) is 0 Å². The minimum absolute atomic E-state index is 0.852. The third-order valence-electron chi connectivity index (χ3n) is 1.36. The van der Waals surface area contributed by atoms with Crippen LogP contribution in [0.5, 0.6) is 0 Å². The van der Waals surface area contributed by atoms with E-state index in [-0.39, 0.29) is 0 Å². The highest BCUT2D eigenvalue weighted by Crippen LogP contribution is 1.98. The van der Waals surface area contributed by atoms with Crippen LogP contribution in [0.25, 0.3) is 0 Å². The molecule has 1 radical (unpaired) electrons. The van der Waals surface area contributed by atoms with Crippen molar-refractivity contribution >= 4 is 0 Å². The summed E-state index contributed by atoms with van der Waals surface area (Å²) in [6.07, 6.45) is 1.81. The van der Waals surface area contributed by atoms with Gasteiger partial charge in [0.15, 0.2) is 0 Å². The first-order chi connectivity index (χ1) is 4.43. The van der Waals surface area contributed by atoms with Crippen molar-refractivity contribution in [2.75, 3.05) is 26.3 Å². The lowest BCUT2D eigenvalue weighted by molar-refractivity contribution is 0.0537. The number of nitrogens with zero attached hydrogens (tertiary/aromatic N) is 1. The molecule has 1 rings (SSSR count). The van der Waals surface area contributed by atoms with Crippen LogP contribution in [0.4, 0.5) is 0 Å². The van der Waals surface area contributed by atoms with E-state index in [0.717, 1.165) is 26.3 Å². The molecular formula is C7H12NO. The van der Waals surface area contributed by atoms with Crippen LogP contribution < -0.4 is 0 Å². The van der Waals surface area contributed by atoms with Gasteiger partial charge in [-0.1, -0.05) is 6.08 Å². The van der Waals surface area contributed by atoms with Crippen LogP contribution in [0, 0.1) is 6.54 Å². The molecule has 0 aliphatic carbocycles. The van der Waals surface area contributed by atoms with Gasteiger partial charge in [0.25, 0.3) is 0 Å². The van der Waals surface area contributed by atoms with Gasteiger partial charge in [0.2, 0.25) is 0 Å². The van der Waals surface area contributed by atoms with Crippen molar-refractivity contribution in [2.24, 2.45) is 0 Å². The highest BCUT2D eigenvalue weighted by Gasteiger charge is 2.07. The van der Waals surface area contributed by atoms with Crippen LogP contribution >= 0.6 is 0 Å². The third-order valence-corrected chi connectivity index (χ3v) is 1.36. The summed E-state index contributed by atoms with van der Waals surface area (Å²) in [6.45, 7) is 9.33. The molecule has 0 bridgehead atoms. The molecule has 0 saturated carbocycles. The molecule has 9 heavy (non-hydrogen) atoms. The van der Waals surface area contributed by atoms with Gasteiger partial charge in [0.1, 0.15) is 0 Å². The molecule has 2 heteroatoms. The Labute approximate surface area is 56.1 Å². The molecule has 0 N–H and O–H groups in total. The monoisotopic (exact) mass is 126 g/mol. The van der Waals surface area contributed by atoms with Gasteiger partial charge in [0, 0.05) is 19.6 Å². The van der Waals surface area contributed by atoms with E-state index < -0.39 is 0 Å². The quantitative estimate of drug-likeness (QED) is 0.539. The Bertz CT molecular complexity index is 86.9. The van der Waals surface area contributed by atoms with E-state index >= 15 is 0 Å². The molecule has 1 saturated heterocycles. The lowest BCUT2D eigenvalue weighted by Gasteiger charge is -2.24. The third kappa shape index (κ3) is 2.16. The van der Waals surface area contributed by atoms with Crippen molar-refractivity contribution in [3.63, 3.8) is 0 Å². The summed E-state index contributed by atoms with van der Waals surface area (Å²) in [5, 5.41) is 0. The van der Waals surface area contributed by atoms with Gasteiger partial charge < -0.3 is 4.74 Å². The Kier molecular flexibility index (Phi) is 2.74. The molecule has 0 aromatic rings. The summed E-state index contributed by atoms with van der Waals surface area (Å²) in [6, 6.07) is 0. The maximum Gasteiger partial charge on any atom is 0.0594 e. The fourth-order valence-electron chi connectivity index (χ4n) is 0.876. The fraction of sp³-hybridized carbons (Fsp3) is 0.571. The number of hydrogen-bond acceptors (Lipinski definition) is 2. The Hall–Kier alpha value is -0.340. The van der Waals surface area contributed by atoms with E-state index in [9.17, 15) is 0 Å². The second-order valence-corrected chi connectivity index (χ2v) is 2.03. The second kappa shape index (κ2) is 3.64. The molecule has 1 aliphatic rings. The number of morpholine rings is 1. The van der Waals surface area contributed by atoms with E-state index in [4.69, 9.17) is 4.74 Å². The molecule has 51 valence electrons. The van der Waals surface area contributed by atoms with Crippen LogP contribution in [0.2, 0.25) is 0 Å². The SMILES string of the molecule is C=C[CH]N1CCOCC1. The lowest BCUT2D eigenvalue weighted by atomic mass is 10.4. The summed E-state index contributed by atoms with van der Waals surface area (Å²) in [7, 11) is 0. The standard InChI is InChI=1S/C7H12NO/c1-2-3-8-4-6-9-7-5-8/h2-3H,1,4-7H2. The van der Waals surface area contributed by atoms with E-state index in [1.54, 1.807) is 0 Å². The summed E-state index contributed by atoms with van der Waals surface area (Å²) in [5.74, 6) is 0. The smallest absolute Gasteiger partial charge is 0.0594 e. The number of ether oxygens (including phenoxy) is 1. The largest absolute Gasteiger partial charge is 0.379 e. The highest BCUT2D eigenvalue weighted by atomic mass is 16.5. The first kappa shape index (κ1) is 6.78. The van der Waals surface area contributed by atoms with Gasteiger partial charge >= 0.3 is 0 Å². The molecule has 1 fully saturated rings. The van der Waals surface area contributed by atoms with Crippen molar-refractivity contribution in [2.45, 2.75) is 0 Å². The van der Waals surface area contributed by atoms with Crippen LogP contribution in [0.3, 0.4) is 0 Å². The highest BCUT2D eigenvalue weighted by molar-refractivity contribution is 4.87. The van der Waals surface area contributed by atoms with Crippen molar-refractivity contribution in [3.05, 3.63) is 19.2 Å². The van der Waals surface area contributed by atoms with Gasteiger partial charge in [-0.05, 0) is 0 Å². The second-order valence-electron chi connectivity index (χ2n) is 2.03. The molecule has 0 aromatic carbocycles. The topological polar surface area (TPSA) is 12.5 Å². The Morgan fingerprint density at radius 2 is 2.00 bits per heavy atom. The number of rotatable bonds is 2. The molecule has 0 atom stereocenters. The maximum atomic E-state index is 5.15. The van der Waals surface area contributed by atoms with E-state index in [0.29, 0.717) is 0 Å². The maximum absolute atomic E-state index is 5.15. The first-order valence-electron chi connectivity index (χ1n) is 3.21. The molecule has 0 amide bonds. The predicted molar refractivity (Wildman–Crippen MR) is 36.9 cm³/mol. The zero-order valence-corrected chi connectivity index (χ0v) is 5.55. The van der Waals surface area contributed by atoms with E-state index in [2.05, 4.69) is 11.5 Å². The normalized spacial score (nSPS) is 21.8. The van der Waals surface area contributed by atoms with Crippen molar-refractivity contribution in [1.82, 2.24) is 4.90 Å². The summed E-state index contributed by atoms with van der Waals surface area (Å²) >= 11 is 0. The van der Waals surface area contributed by atoms with Gasteiger partial charge in [-0.25, -0.2) is 0 Å². The molecule has 0 aromatic heterocycles. The Morgan fingerprint density at radius 3 is 2.56 bits per heavy atom. The first-order valence-corrected chi connectivity index (χ1v) is 3.21. The lowest BCUT2D eigenvalue weighted by Crippen LogP contribution is -2.33. The Morgan fingerprint density at radius 1 is 1.33 bits per heavy atom. The molecule has 2 nitrogen and oxygen atoms in total. The molecule has 0 spiro atoms. The molecular weight excluding hydrogens is 114 g/mol. The van der Waals surface area contributed by atoms with Gasteiger partial charge in [0.05, 0.1) is 13.2 Å².